The van der Waals surface area contributed by atoms with Crippen molar-refractivity contribution in [2.24, 2.45) is 0 Å². The summed E-state index contributed by atoms with van der Waals surface area (Å²) in [6.07, 6.45) is 1.14. The van der Waals surface area contributed by atoms with Gasteiger partial charge in [-0.1, -0.05) is 12.1 Å². The van der Waals surface area contributed by atoms with Gasteiger partial charge in [0.2, 0.25) is 5.91 Å². The molecule has 1 saturated heterocycles. The largest absolute Gasteiger partial charge is 0.497 e. The van der Waals surface area contributed by atoms with Gasteiger partial charge < -0.3 is 9.64 Å². The number of carbonyl (C=O) groups is 1. The highest BCUT2D eigenvalue weighted by atomic mass is 19.1. The molecule has 0 aromatic heterocycles. The van der Waals surface area contributed by atoms with E-state index in [2.05, 4.69) is 0 Å². The van der Waals surface area contributed by atoms with E-state index >= 15 is 0 Å². The standard InChI is InChI=1S/C18H17F2NO2/c1-23-16-4-2-13(3-5-16)17-6-7-18(22)21(17)11-12-8-14(19)10-15(20)9-12/h2-5,8-10,17H,6-7,11H2,1H3. The van der Waals surface area contributed by atoms with Gasteiger partial charge in [0.25, 0.3) is 0 Å². The minimum Gasteiger partial charge on any atom is -0.497 e. The zero-order chi connectivity index (χ0) is 16.4. The van der Waals surface area contributed by atoms with Crippen LogP contribution in [0.25, 0.3) is 0 Å². The van der Waals surface area contributed by atoms with Crippen LogP contribution in [-0.2, 0) is 11.3 Å². The summed E-state index contributed by atoms with van der Waals surface area (Å²) in [5.74, 6) is -0.521. The van der Waals surface area contributed by atoms with Crippen molar-refractivity contribution < 1.29 is 18.3 Å². The number of methoxy groups -OCH3 is 1. The first-order valence-corrected chi connectivity index (χ1v) is 7.45. The van der Waals surface area contributed by atoms with Crippen LogP contribution in [0.2, 0.25) is 0 Å². The van der Waals surface area contributed by atoms with E-state index in [1.807, 2.05) is 24.3 Å². The Kier molecular flexibility index (Phi) is 4.28. The number of nitrogens with zero attached hydrogens (tertiary/aromatic N) is 1. The maximum atomic E-state index is 13.3. The highest BCUT2D eigenvalue weighted by Gasteiger charge is 2.32. The number of halogens is 2. The van der Waals surface area contributed by atoms with Gasteiger partial charge in [-0.05, 0) is 41.8 Å². The van der Waals surface area contributed by atoms with Crippen LogP contribution >= 0.6 is 0 Å². The number of hydrogen-bond acceptors (Lipinski definition) is 2. The number of rotatable bonds is 4. The topological polar surface area (TPSA) is 29.5 Å². The Hall–Kier alpha value is -2.43. The smallest absolute Gasteiger partial charge is 0.223 e. The van der Waals surface area contributed by atoms with E-state index in [0.29, 0.717) is 18.4 Å². The van der Waals surface area contributed by atoms with Crippen molar-refractivity contribution in [1.82, 2.24) is 4.90 Å². The third-order valence-electron chi connectivity index (χ3n) is 4.10. The maximum Gasteiger partial charge on any atom is 0.223 e. The van der Waals surface area contributed by atoms with Crippen molar-refractivity contribution >= 4 is 5.91 Å². The molecule has 0 N–H and O–H groups in total. The molecule has 0 saturated carbocycles. The Morgan fingerprint density at radius 2 is 1.78 bits per heavy atom. The average Bonchev–Trinajstić information content (AvgIpc) is 2.87. The number of ether oxygens (including phenoxy) is 1. The van der Waals surface area contributed by atoms with E-state index < -0.39 is 11.6 Å². The Balaban J connectivity index is 1.84. The average molecular weight is 317 g/mol. The van der Waals surface area contributed by atoms with Crippen LogP contribution in [0, 0.1) is 11.6 Å². The summed E-state index contributed by atoms with van der Waals surface area (Å²) in [5.41, 5.74) is 1.45. The molecule has 3 rings (SSSR count). The van der Waals surface area contributed by atoms with Crippen LogP contribution in [-0.4, -0.2) is 17.9 Å². The Bertz CT molecular complexity index is 695. The molecule has 0 aliphatic carbocycles. The molecule has 1 fully saturated rings. The molecule has 2 aromatic carbocycles. The van der Waals surface area contributed by atoms with E-state index in [1.165, 1.54) is 12.1 Å². The first-order chi connectivity index (χ1) is 11.1. The summed E-state index contributed by atoms with van der Waals surface area (Å²) in [5, 5.41) is 0. The fraction of sp³-hybridized carbons (Fsp3) is 0.278. The summed E-state index contributed by atoms with van der Waals surface area (Å²) in [6, 6.07) is 10.8. The van der Waals surface area contributed by atoms with Gasteiger partial charge in [0.15, 0.2) is 0 Å². The number of likely N-dealkylation sites (tertiary alicyclic amines) is 1. The second kappa shape index (κ2) is 6.36. The Morgan fingerprint density at radius 1 is 1.13 bits per heavy atom. The summed E-state index contributed by atoms with van der Waals surface area (Å²) < 4.78 is 31.8. The molecule has 120 valence electrons. The second-order valence-electron chi connectivity index (χ2n) is 5.63. The second-order valence-corrected chi connectivity index (χ2v) is 5.63. The van der Waals surface area contributed by atoms with Gasteiger partial charge in [0.05, 0.1) is 13.2 Å². The molecule has 1 atom stereocenters. The van der Waals surface area contributed by atoms with Crippen molar-refractivity contribution in [2.45, 2.75) is 25.4 Å². The summed E-state index contributed by atoms with van der Waals surface area (Å²) >= 11 is 0. The van der Waals surface area contributed by atoms with Crippen LogP contribution in [0.5, 0.6) is 5.75 Å². The van der Waals surface area contributed by atoms with Crippen molar-refractivity contribution in [3.63, 3.8) is 0 Å². The Morgan fingerprint density at radius 3 is 2.39 bits per heavy atom. The van der Waals surface area contributed by atoms with Crippen LogP contribution in [0.15, 0.2) is 42.5 Å². The number of amides is 1. The van der Waals surface area contributed by atoms with Crippen LogP contribution in [0.3, 0.4) is 0 Å². The lowest BCUT2D eigenvalue weighted by molar-refractivity contribution is -0.129. The lowest BCUT2D eigenvalue weighted by Gasteiger charge is -2.25. The molecule has 3 nitrogen and oxygen atoms in total. The highest BCUT2D eigenvalue weighted by molar-refractivity contribution is 5.79. The quantitative estimate of drug-likeness (QED) is 0.857. The predicted octanol–water partition coefficient (Wildman–Crippen LogP) is 3.84. The molecule has 0 bridgehead atoms. The lowest BCUT2D eigenvalue weighted by atomic mass is 10.0. The molecule has 2 aromatic rings. The normalized spacial score (nSPS) is 17.6. The summed E-state index contributed by atoms with van der Waals surface area (Å²) in [6.45, 7) is 0.199. The number of carbonyl (C=O) groups excluding carboxylic acids is 1. The van der Waals surface area contributed by atoms with E-state index in [1.54, 1.807) is 12.0 Å². The molecule has 23 heavy (non-hydrogen) atoms. The van der Waals surface area contributed by atoms with Crippen molar-refractivity contribution in [1.29, 1.82) is 0 Å². The summed E-state index contributed by atoms with van der Waals surface area (Å²) in [4.78, 5) is 13.8. The van der Waals surface area contributed by atoms with Crippen LogP contribution in [0.4, 0.5) is 8.78 Å². The molecule has 1 heterocycles. The van der Waals surface area contributed by atoms with Gasteiger partial charge in [-0.3, -0.25) is 4.79 Å². The highest BCUT2D eigenvalue weighted by Crippen LogP contribution is 2.34. The Labute approximate surface area is 133 Å². The summed E-state index contributed by atoms with van der Waals surface area (Å²) in [7, 11) is 1.60. The molecule has 1 amide bonds. The van der Waals surface area contributed by atoms with E-state index in [-0.39, 0.29) is 18.5 Å². The number of hydrogen-bond donors (Lipinski definition) is 0. The molecule has 5 heteroatoms. The third kappa shape index (κ3) is 3.33. The molecule has 1 aliphatic rings. The van der Waals surface area contributed by atoms with Crippen molar-refractivity contribution in [2.75, 3.05) is 7.11 Å². The van der Waals surface area contributed by atoms with Crippen molar-refractivity contribution in [3.05, 3.63) is 65.2 Å². The monoisotopic (exact) mass is 317 g/mol. The molecule has 0 radical (unpaired) electrons. The predicted molar refractivity (Wildman–Crippen MR) is 81.9 cm³/mol. The fourth-order valence-electron chi connectivity index (χ4n) is 3.00. The van der Waals surface area contributed by atoms with E-state index in [9.17, 15) is 13.6 Å². The first-order valence-electron chi connectivity index (χ1n) is 7.45. The minimum atomic E-state index is -0.632. The molecule has 1 unspecified atom stereocenters. The van der Waals surface area contributed by atoms with Crippen LogP contribution in [0.1, 0.15) is 30.0 Å². The minimum absolute atomic E-state index is 0.00418. The lowest BCUT2D eigenvalue weighted by Crippen LogP contribution is -2.27. The van der Waals surface area contributed by atoms with Gasteiger partial charge in [-0.25, -0.2) is 8.78 Å². The van der Waals surface area contributed by atoms with Crippen molar-refractivity contribution in [3.8, 4) is 5.75 Å². The van der Waals surface area contributed by atoms with E-state index in [0.717, 1.165) is 17.4 Å². The van der Waals surface area contributed by atoms with Gasteiger partial charge in [-0.2, -0.15) is 0 Å². The van der Waals surface area contributed by atoms with Gasteiger partial charge in [0.1, 0.15) is 17.4 Å². The fourth-order valence-corrected chi connectivity index (χ4v) is 3.00. The first kappa shape index (κ1) is 15.5. The van der Waals surface area contributed by atoms with Gasteiger partial charge in [-0.15, -0.1) is 0 Å². The zero-order valence-electron chi connectivity index (χ0n) is 12.8. The van der Waals surface area contributed by atoms with Crippen LogP contribution < -0.4 is 4.74 Å². The molecule has 0 spiro atoms. The molecular weight excluding hydrogens is 300 g/mol. The van der Waals surface area contributed by atoms with Gasteiger partial charge >= 0.3 is 0 Å². The number of benzene rings is 2. The van der Waals surface area contributed by atoms with E-state index in [4.69, 9.17) is 4.74 Å². The third-order valence-corrected chi connectivity index (χ3v) is 4.10. The molecule has 1 aliphatic heterocycles. The maximum absolute atomic E-state index is 13.3. The zero-order valence-corrected chi connectivity index (χ0v) is 12.8. The SMILES string of the molecule is COc1ccc(C2CCC(=O)N2Cc2cc(F)cc(F)c2)cc1. The van der Waals surface area contributed by atoms with Gasteiger partial charge in [0, 0.05) is 19.0 Å². The molecular formula is C18H17F2NO2.